The number of aromatic amines is 1. The number of piperidine rings is 2. The molecule has 2 saturated carbocycles. The molecule has 40 heavy (non-hydrogen) atoms. The molecule has 1 aromatic carbocycles. The highest BCUT2D eigenvalue weighted by Gasteiger charge is 2.45. The quantitative estimate of drug-likeness (QED) is 0.459. The molecule has 2 aromatic heterocycles. The molecule has 2 aliphatic heterocycles. The minimum absolute atomic E-state index is 0.0540. The Labute approximate surface area is 233 Å². The van der Waals surface area contributed by atoms with E-state index in [1.807, 2.05) is 28.8 Å². The van der Waals surface area contributed by atoms with Crippen molar-refractivity contribution < 1.29 is 9.90 Å². The van der Waals surface area contributed by atoms with Gasteiger partial charge in [0.05, 0.1) is 11.0 Å². The fourth-order valence-electron chi connectivity index (χ4n) is 8.79. The standard InChI is InChI=1S/C32H38N4O4/c37-30-26(32(39)40)15-21(18-33-30)29-31(38)36(28-11-4-3-10-27(28)34-29)25-16-22-8-5-9-23(17-25)35(22)24-13-19-6-1-2-7-20(12-19)14-24/h3-4,10-11,15,18-20,22-25H,1-2,5-9,12-14,16-17H2,(H,33,37)(H,39,40)/t19-,20+,22-,23+,24?,25?. The number of rotatable bonds is 4. The predicted octanol–water partition coefficient (Wildman–Crippen LogP) is 5.37. The van der Waals surface area contributed by atoms with Crippen LogP contribution < -0.4 is 11.1 Å². The Morgan fingerprint density at radius 1 is 0.850 bits per heavy atom. The van der Waals surface area contributed by atoms with Crippen LogP contribution in [-0.2, 0) is 0 Å². The van der Waals surface area contributed by atoms with E-state index in [1.165, 1.54) is 76.5 Å². The van der Waals surface area contributed by atoms with Crippen LogP contribution in [0, 0.1) is 11.8 Å². The Kier molecular flexibility index (Phi) is 6.61. The third-order valence-electron chi connectivity index (χ3n) is 10.3. The number of pyridine rings is 1. The lowest BCUT2D eigenvalue weighted by Crippen LogP contribution is -2.58. The van der Waals surface area contributed by atoms with Gasteiger partial charge in [0, 0.05) is 35.9 Å². The number of hydrogen-bond donors (Lipinski definition) is 2. The van der Waals surface area contributed by atoms with Crippen molar-refractivity contribution in [2.24, 2.45) is 11.8 Å². The van der Waals surface area contributed by atoms with E-state index in [-0.39, 0.29) is 17.3 Å². The molecule has 0 radical (unpaired) electrons. The molecule has 0 amide bonds. The highest BCUT2D eigenvalue weighted by Crippen LogP contribution is 2.47. The van der Waals surface area contributed by atoms with Crippen LogP contribution in [0.3, 0.4) is 0 Å². The number of H-pyrrole nitrogens is 1. The third-order valence-corrected chi connectivity index (χ3v) is 10.3. The second-order valence-corrected chi connectivity index (χ2v) is 12.7. The molecule has 7 rings (SSSR count). The first-order chi connectivity index (χ1) is 19.5. The maximum Gasteiger partial charge on any atom is 0.341 e. The van der Waals surface area contributed by atoms with E-state index in [4.69, 9.17) is 0 Å². The second-order valence-electron chi connectivity index (χ2n) is 12.7. The third kappa shape index (κ3) is 4.50. The Morgan fingerprint density at radius 3 is 2.25 bits per heavy atom. The van der Waals surface area contributed by atoms with E-state index in [1.54, 1.807) is 0 Å². The number of aromatic carboxylic acids is 1. The molecule has 4 aliphatic rings. The van der Waals surface area contributed by atoms with Gasteiger partial charge in [-0.3, -0.25) is 14.5 Å². The minimum Gasteiger partial charge on any atom is -0.477 e. The van der Waals surface area contributed by atoms with Crippen molar-refractivity contribution in [2.75, 3.05) is 0 Å². The molecule has 0 spiro atoms. The molecule has 4 bridgehead atoms. The van der Waals surface area contributed by atoms with Crippen molar-refractivity contribution in [2.45, 2.75) is 101 Å². The predicted molar refractivity (Wildman–Crippen MR) is 154 cm³/mol. The van der Waals surface area contributed by atoms with Crippen molar-refractivity contribution in [1.29, 1.82) is 0 Å². The van der Waals surface area contributed by atoms with Gasteiger partial charge in [0.25, 0.3) is 11.1 Å². The summed E-state index contributed by atoms with van der Waals surface area (Å²) in [4.78, 5) is 47.9. The van der Waals surface area contributed by atoms with Crippen molar-refractivity contribution in [3.05, 3.63) is 62.8 Å². The maximum absolute atomic E-state index is 14.2. The molecule has 4 fully saturated rings. The van der Waals surface area contributed by atoms with Crippen LogP contribution in [0.2, 0.25) is 0 Å². The van der Waals surface area contributed by atoms with Gasteiger partial charge in [0.15, 0.2) is 0 Å². The van der Waals surface area contributed by atoms with Crippen molar-refractivity contribution in [3.8, 4) is 11.3 Å². The second kappa shape index (κ2) is 10.3. The van der Waals surface area contributed by atoms with E-state index in [9.17, 15) is 19.5 Å². The van der Waals surface area contributed by atoms with Gasteiger partial charge < -0.3 is 14.7 Å². The van der Waals surface area contributed by atoms with Gasteiger partial charge in [-0.2, -0.15) is 0 Å². The first-order valence-corrected chi connectivity index (χ1v) is 15.2. The lowest BCUT2D eigenvalue weighted by molar-refractivity contribution is -0.0420. The molecule has 2 saturated heterocycles. The number of para-hydroxylation sites is 2. The monoisotopic (exact) mass is 542 g/mol. The molecule has 2 unspecified atom stereocenters. The number of aromatic nitrogens is 3. The maximum atomic E-state index is 14.2. The number of nitrogens with one attached hydrogen (secondary N) is 1. The van der Waals surface area contributed by atoms with Crippen molar-refractivity contribution in [3.63, 3.8) is 0 Å². The van der Waals surface area contributed by atoms with E-state index in [0.717, 1.165) is 30.2 Å². The van der Waals surface area contributed by atoms with Crippen LogP contribution in [0.5, 0.6) is 0 Å². The zero-order valence-electron chi connectivity index (χ0n) is 22.9. The number of benzene rings is 1. The summed E-state index contributed by atoms with van der Waals surface area (Å²) in [5.41, 5.74) is 0.713. The molecule has 2 aliphatic carbocycles. The molecule has 3 aromatic rings. The average Bonchev–Trinajstić information content (AvgIpc) is 3.11. The summed E-state index contributed by atoms with van der Waals surface area (Å²) in [6.45, 7) is 0. The average molecular weight is 543 g/mol. The first kappa shape index (κ1) is 25.7. The first-order valence-electron chi connectivity index (χ1n) is 15.2. The lowest BCUT2D eigenvalue weighted by atomic mass is 9.73. The van der Waals surface area contributed by atoms with Gasteiger partial charge >= 0.3 is 5.97 Å². The van der Waals surface area contributed by atoms with Gasteiger partial charge in [0.2, 0.25) is 0 Å². The normalized spacial score (nSPS) is 30.6. The van der Waals surface area contributed by atoms with Crippen LogP contribution in [0.25, 0.3) is 22.3 Å². The number of carboxylic acid groups (broad SMARTS) is 1. The molecular formula is C32H38N4O4. The van der Waals surface area contributed by atoms with E-state index in [0.29, 0.717) is 29.2 Å². The molecular weight excluding hydrogens is 504 g/mol. The van der Waals surface area contributed by atoms with Crippen LogP contribution in [0.15, 0.2) is 46.1 Å². The Morgan fingerprint density at radius 2 is 1.55 bits per heavy atom. The van der Waals surface area contributed by atoms with E-state index >= 15 is 0 Å². The van der Waals surface area contributed by atoms with Crippen molar-refractivity contribution >= 4 is 17.0 Å². The minimum atomic E-state index is -1.33. The van der Waals surface area contributed by atoms with Crippen LogP contribution in [-0.4, -0.2) is 48.6 Å². The summed E-state index contributed by atoms with van der Waals surface area (Å²) in [7, 11) is 0. The van der Waals surface area contributed by atoms with Crippen LogP contribution in [0.1, 0.15) is 93.4 Å². The largest absolute Gasteiger partial charge is 0.477 e. The van der Waals surface area contributed by atoms with E-state index in [2.05, 4.69) is 14.9 Å². The number of hydrogen-bond acceptors (Lipinski definition) is 5. The topological polar surface area (TPSA) is 108 Å². The van der Waals surface area contributed by atoms with Crippen LogP contribution >= 0.6 is 0 Å². The molecule has 2 N–H and O–H groups in total. The molecule has 210 valence electrons. The highest BCUT2D eigenvalue weighted by atomic mass is 16.4. The summed E-state index contributed by atoms with van der Waals surface area (Å²) in [5, 5.41) is 9.50. The summed E-state index contributed by atoms with van der Waals surface area (Å²) in [5.74, 6) is 0.436. The summed E-state index contributed by atoms with van der Waals surface area (Å²) >= 11 is 0. The SMILES string of the molecule is O=C(O)c1cc(-c2nc3ccccc3n(C3C[C@H]4CCC[C@@H](C3)N4C3C[C@H]4CCCC[C@@H](C3)C4)c2=O)c[nH]c1=O. The van der Waals surface area contributed by atoms with Gasteiger partial charge in [-0.25, -0.2) is 9.78 Å². The van der Waals surface area contributed by atoms with Crippen molar-refractivity contribution in [1.82, 2.24) is 19.4 Å². The zero-order chi connectivity index (χ0) is 27.4. The van der Waals surface area contributed by atoms with E-state index < -0.39 is 17.1 Å². The Hall–Kier alpha value is -3.26. The fraction of sp³-hybridized carbons (Fsp3) is 0.562. The number of carbonyl (C=O) groups is 1. The van der Waals surface area contributed by atoms with Gasteiger partial charge in [-0.1, -0.05) is 44.2 Å². The lowest BCUT2D eigenvalue weighted by Gasteiger charge is -2.54. The molecule has 8 nitrogen and oxygen atoms in total. The summed E-state index contributed by atoms with van der Waals surface area (Å²) in [6, 6.07) is 10.7. The number of nitrogens with zero attached hydrogens (tertiary/aromatic N) is 3. The smallest absolute Gasteiger partial charge is 0.341 e. The van der Waals surface area contributed by atoms with Gasteiger partial charge in [-0.05, 0) is 75.0 Å². The molecule has 6 atom stereocenters. The zero-order valence-corrected chi connectivity index (χ0v) is 22.9. The molecule has 8 heteroatoms. The van der Waals surface area contributed by atoms with Crippen LogP contribution in [0.4, 0.5) is 0 Å². The summed E-state index contributed by atoms with van der Waals surface area (Å²) < 4.78 is 1.94. The number of carboxylic acids is 1. The fourth-order valence-corrected chi connectivity index (χ4v) is 8.79. The highest BCUT2D eigenvalue weighted by molar-refractivity contribution is 5.88. The Bertz CT molecular complexity index is 1530. The Balaban J connectivity index is 1.26. The summed E-state index contributed by atoms with van der Waals surface area (Å²) in [6.07, 6.45) is 16.6. The van der Waals surface area contributed by atoms with Gasteiger partial charge in [0.1, 0.15) is 11.3 Å². The molecule has 4 heterocycles. The number of fused-ring (bicyclic) bond motifs is 5. The van der Waals surface area contributed by atoms with Gasteiger partial charge in [-0.15, -0.1) is 0 Å².